The van der Waals surface area contributed by atoms with Crippen molar-refractivity contribution in [3.05, 3.63) is 48.6 Å². The molecule has 0 bridgehead atoms. The molecule has 0 aromatic heterocycles. The summed E-state index contributed by atoms with van der Waals surface area (Å²) in [5, 5.41) is 0. The Labute approximate surface area is 161 Å². The van der Waals surface area contributed by atoms with E-state index in [4.69, 9.17) is 9.47 Å². The number of nitrogens with zero attached hydrogens (tertiary/aromatic N) is 2. The average molecular weight is 374 g/mol. The molecule has 6 heteroatoms. The summed E-state index contributed by atoms with van der Waals surface area (Å²) in [5.74, 6) is 0. The van der Waals surface area contributed by atoms with Crippen molar-refractivity contribution < 1.29 is 19.1 Å². The molecule has 1 saturated heterocycles. The molecular weight excluding hydrogens is 344 g/mol. The van der Waals surface area contributed by atoms with E-state index in [9.17, 15) is 9.59 Å². The molecule has 2 rings (SSSR count). The summed E-state index contributed by atoms with van der Waals surface area (Å²) < 4.78 is 10.9. The van der Waals surface area contributed by atoms with Gasteiger partial charge in [-0.15, -0.1) is 6.58 Å². The van der Waals surface area contributed by atoms with Gasteiger partial charge in [-0.25, -0.2) is 9.59 Å². The van der Waals surface area contributed by atoms with E-state index in [1.807, 2.05) is 51.1 Å². The number of rotatable bonds is 5. The van der Waals surface area contributed by atoms with Crippen LogP contribution in [-0.4, -0.2) is 53.3 Å². The van der Waals surface area contributed by atoms with Crippen molar-refractivity contribution >= 4 is 12.2 Å². The second-order valence-corrected chi connectivity index (χ2v) is 7.68. The lowest BCUT2D eigenvalue weighted by Crippen LogP contribution is -2.49. The van der Waals surface area contributed by atoms with E-state index in [1.165, 1.54) is 0 Å². The van der Waals surface area contributed by atoms with Crippen LogP contribution in [0.25, 0.3) is 0 Å². The lowest BCUT2D eigenvalue weighted by molar-refractivity contribution is 0.0142. The molecule has 0 radical (unpaired) electrons. The zero-order valence-electron chi connectivity index (χ0n) is 16.5. The van der Waals surface area contributed by atoms with Gasteiger partial charge in [0.2, 0.25) is 0 Å². The molecule has 0 unspecified atom stereocenters. The van der Waals surface area contributed by atoms with Crippen LogP contribution in [0.2, 0.25) is 0 Å². The van der Waals surface area contributed by atoms with Crippen LogP contribution in [0.5, 0.6) is 0 Å². The molecule has 0 aliphatic carbocycles. The maximum Gasteiger partial charge on any atom is 0.410 e. The summed E-state index contributed by atoms with van der Waals surface area (Å²) in [7, 11) is 0. The Hall–Kier alpha value is -2.50. The van der Waals surface area contributed by atoms with Gasteiger partial charge in [0.15, 0.2) is 0 Å². The Morgan fingerprint density at radius 2 is 1.85 bits per heavy atom. The average Bonchev–Trinajstić information content (AvgIpc) is 2.64. The van der Waals surface area contributed by atoms with Gasteiger partial charge >= 0.3 is 12.2 Å². The zero-order valence-corrected chi connectivity index (χ0v) is 16.5. The molecule has 1 aliphatic rings. The lowest BCUT2D eigenvalue weighted by Gasteiger charge is -2.38. The van der Waals surface area contributed by atoms with Gasteiger partial charge in [0.25, 0.3) is 0 Å². The number of hydrogen-bond donors (Lipinski definition) is 0. The Bertz CT molecular complexity index is 631. The predicted molar refractivity (Wildman–Crippen MR) is 104 cm³/mol. The maximum absolute atomic E-state index is 12.6. The van der Waals surface area contributed by atoms with Gasteiger partial charge < -0.3 is 19.3 Å². The van der Waals surface area contributed by atoms with Crippen molar-refractivity contribution in [2.75, 3.05) is 19.6 Å². The van der Waals surface area contributed by atoms with Gasteiger partial charge in [-0.1, -0.05) is 36.4 Å². The van der Waals surface area contributed by atoms with Crippen molar-refractivity contribution in [2.24, 2.45) is 0 Å². The van der Waals surface area contributed by atoms with Crippen LogP contribution in [0.15, 0.2) is 43.0 Å². The third kappa shape index (κ3) is 6.62. The Balaban J connectivity index is 1.88. The van der Waals surface area contributed by atoms with Crippen LogP contribution in [0.3, 0.4) is 0 Å². The van der Waals surface area contributed by atoms with Crippen molar-refractivity contribution in [3.8, 4) is 0 Å². The van der Waals surface area contributed by atoms with Crippen molar-refractivity contribution in [2.45, 2.75) is 51.9 Å². The highest BCUT2D eigenvalue weighted by Gasteiger charge is 2.31. The highest BCUT2D eigenvalue weighted by molar-refractivity contribution is 5.69. The minimum atomic E-state index is -0.510. The third-order valence-corrected chi connectivity index (χ3v) is 4.32. The fraction of sp³-hybridized carbons (Fsp3) is 0.524. The number of carbonyl (C=O) groups excluding carboxylic acids is 2. The van der Waals surface area contributed by atoms with E-state index < -0.39 is 5.60 Å². The molecule has 1 heterocycles. The fourth-order valence-electron chi connectivity index (χ4n) is 3.00. The Kier molecular flexibility index (Phi) is 7.28. The number of benzene rings is 1. The smallest absolute Gasteiger partial charge is 0.410 e. The van der Waals surface area contributed by atoms with Gasteiger partial charge in [0, 0.05) is 25.7 Å². The fourth-order valence-corrected chi connectivity index (χ4v) is 3.00. The van der Waals surface area contributed by atoms with E-state index in [1.54, 1.807) is 15.9 Å². The van der Waals surface area contributed by atoms with Gasteiger partial charge in [0.05, 0.1) is 0 Å². The SMILES string of the molecule is C=CCN(C(=O)OCc1ccccc1)C1CCN(C(=O)OC(C)(C)C)CC1. The number of carbonyl (C=O) groups is 2. The van der Waals surface area contributed by atoms with Crippen LogP contribution in [0.1, 0.15) is 39.2 Å². The number of likely N-dealkylation sites (tertiary alicyclic amines) is 1. The maximum atomic E-state index is 12.6. The normalized spacial score (nSPS) is 15.1. The number of ether oxygens (including phenoxy) is 2. The minimum Gasteiger partial charge on any atom is -0.445 e. The first-order valence-electron chi connectivity index (χ1n) is 9.36. The van der Waals surface area contributed by atoms with E-state index in [-0.39, 0.29) is 24.8 Å². The molecule has 1 aromatic carbocycles. The number of piperidine rings is 1. The van der Waals surface area contributed by atoms with Crippen LogP contribution in [-0.2, 0) is 16.1 Å². The minimum absolute atomic E-state index is 0.0185. The molecule has 0 atom stereocenters. The van der Waals surface area contributed by atoms with Crippen LogP contribution in [0, 0.1) is 0 Å². The quantitative estimate of drug-likeness (QED) is 0.725. The summed E-state index contributed by atoms with van der Waals surface area (Å²) in [6.07, 6.45) is 2.42. The lowest BCUT2D eigenvalue weighted by atomic mass is 10.0. The summed E-state index contributed by atoms with van der Waals surface area (Å²) >= 11 is 0. The molecule has 0 saturated carbocycles. The molecule has 6 nitrogen and oxygen atoms in total. The summed E-state index contributed by atoms with van der Waals surface area (Å²) in [6.45, 7) is 11.1. The standard InChI is InChI=1S/C21H30N2O4/c1-5-13-23(20(25)26-16-17-9-7-6-8-10-17)18-11-14-22(15-12-18)19(24)27-21(2,3)4/h5-10,18H,1,11-16H2,2-4H3. The predicted octanol–water partition coefficient (Wildman–Crippen LogP) is 4.21. The first-order chi connectivity index (χ1) is 12.8. The second kappa shape index (κ2) is 9.44. The van der Waals surface area contributed by atoms with Crippen LogP contribution < -0.4 is 0 Å². The van der Waals surface area contributed by atoms with Gasteiger partial charge in [-0.05, 0) is 39.2 Å². The van der Waals surface area contributed by atoms with Gasteiger partial charge in [-0.3, -0.25) is 0 Å². The first kappa shape index (κ1) is 20.8. The molecule has 0 spiro atoms. The topological polar surface area (TPSA) is 59.1 Å². The Morgan fingerprint density at radius 1 is 1.22 bits per heavy atom. The zero-order chi connectivity index (χ0) is 19.9. The number of amides is 2. The molecule has 148 valence electrons. The van der Waals surface area contributed by atoms with Gasteiger partial charge in [-0.2, -0.15) is 0 Å². The molecule has 1 aliphatic heterocycles. The molecule has 1 fully saturated rings. The molecule has 1 aromatic rings. The summed E-state index contributed by atoms with van der Waals surface area (Å²) in [4.78, 5) is 28.1. The Morgan fingerprint density at radius 3 is 2.41 bits per heavy atom. The van der Waals surface area contributed by atoms with Crippen molar-refractivity contribution in [1.82, 2.24) is 9.80 Å². The highest BCUT2D eigenvalue weighted by atomic mass is 16.6. The molecular formula is C21H30N2O4. The van der Waals surface area contributed by atoms with Crippen molar-refractivity contribution in [1.29, 1.82) is 0 Å². The van der Waals surface area contributed by atoms with Crippen molar-refractivity contribution in [3.63, 3.8) is 0 Å². The van der Waals surface area contributed by atoms with Crippen LogP contribution >= 0.6 is 0 Å². The van der Waals surface area contributed by atoms with Crippen LogP contribution in [0.4, 0.5) is 9.59 Å². The first-order valence-corrected chi connectivity index (χ1v) is 9.36. The van der Waals surface area contributed by atoms with E-state index in [2.05, 4.69) is 6.58 Å². The molecule has 2 amide bonds. The highest BCUT2D eigenvalue weighted by Crippen LogP contribution is 2.20. The number of hydrogen-bond acceptors (Lipinski definition) is 4. The largest absolute Gasteiger partial charge is 0.445 e. The monoisotopic (exact) mass is 374 g/mol. The summed E-state index contributed by atoms with van der Waals surface area (Å²) in [6, 6.07) is 9.61. The van der Waals surface area contributed by atoms with E-state index >= 15 is 0 Å². The van der Waals surface area contributed by atoms with E-state index in [0.29, 0.717) is 32.5 Å². The molecule has 27 heavy (non-hydrogen) atoms. The van der Waals surface area contributed by atoms with E-state index in [0.717, 1.165) is 5.56 Å². The molecule has 0 N–H and O–H groups in total. The second-order valence-electron chi connectivity index (χ2n) is 7.68. The third-order valence-electron chi connectivity index (χ3n) is 4.32. The summed E-state index contributed by atoms with van der Waals surface area (Å²) in [5.41, 5.74) is 0.438. The van der Waals surface area contributed by atoms with Gasteiger partial charge in [0.1, 0.15) is 12.2 Å².